The van der Waals surface area contributed by atoms with E-state index in [0.717, 1.165) is 15.3 Å². The van der Waals surface area contributed by atoms with Gasteiger partial charge in [0.15, 0.2) is 5.13 Å². The second-order valence-electron chi connectivity index (χ2n) is 4.01. The maximum absolute atomic E-state index is 11.2. The number of hydrogen-bond acceptors (Lipinski definition) is 5. The lowest BCUT2D eigenvalue weighted by molar-refractivity contribution is -0.139. The number of aryl methyl sites for hydroxylation is 1. The summed E-state index contributed by atoms with van der Waals surface area (Å²) in [5, 5.41) is 5.82. The lowest BCUT2D eigenvalue weighted by Gasteiger charge is -2.06. The Bertz CT molecular complexity index is 598. The average molecular weight is 341 g/mol. The van der Waals surface area contributed by atoms with Crippen molar-refractivity contribution in [1.29, 1.82) is 0 Å². The van der Waals surface area contributed by atoms with Crippen molar-refractivity contribution in [2.75, 3.05) is 12.4 Å². The number of carbonyl (C=O) groups is 1. The lowest BCUT2D eigenvalue weighted by Crippen LogP contribution is -2.04. The first-order valence-electron chi connectivity index (χ1n) is 5.63. The molecule has 0 radical (unpaired) electrons. The summed E-state index contributed by atoms with van der Waals surface area (Å²) in [6.45, 7) is 2.03. The minimum Gasteiger partial charge on any atom is -0.469 e. The number of nitrogens with one attached hydrogen (secondary N) is 1. The van der Waals surface area contributed by atoms with E-state index in [9.17, 15) is 4.79 Å². The second kappa shape index (κ2) is 6.16. The molecule has 0 saturated heterocycles. The van der Waals surface area contributed by atoms with Crippen LogP contribution in [-0.2, 0) is 16.0 Å². The molecule has 0 atom stereocenters. The molecule has 1 aromatic carbocycles. The standard InChI is InChI=1S/C13H13BrN2O2S/c1-8-3-4-11(10(14)5-8)16-13-15-9(7-19-13)6-12(17)18-2/h3-5,7H,6H2,1-2H3,(H,15,16). The van der Waals surface area contributed by atoms with Crippen molar-refractivity contribution in [1.82, 2.24) is 4.98 Å². The van der Waals surface area contributed by atoms with Gasteiger partial charge < -0.3 is 10.1 Å². The summed E-state index contributed by atoms with van der Waals surface area (Å²) in [5.41, 5.74) is 2.84. The molecule has 1 N–H and O–H groups in total. The lowest BCUT2D eigenvalue weighted by atomic mass is 10.2. The van der Waals surface area contributed by atoms with E-state index in [1.165, 1.54) is 24.0 Å². The Balaban J connectivity index is 2.09. The van der Waals surface area contributed by atoms with E-state index in [0.29, 0.717) is 5.69 Å². The van der Waals surface area contributed by atoms with Gasteiger partial charge in [0, 0.05) is 9.85 Å². The molecule has 6 heteroatoms. The molecule has 0 aliphatic rings. The van der Waals surface area contributed by atoms with Crippen molar-refractivity contribution in [2.24, 2.45) is 0 Å². The molecule has 1 heterocycles. The van der Waals surface area contributed by atoms with Crippen LogP contribution in [0.25, 0.3) is 0 Å². The Morgan fingerprint density at radius 2 is 2.32 bits per heavy atom. The molecule has 0 bridgehead atoms. The molecule has 4 nitrogen and oxygen atoms in total. The van der Waals surface area contributed by atoms with Crippen molar-refractivity contribution in [3.05, 3.63) is 39.3 Å². The number of thiazole rings is 1. The number of ether oxygens (including phenoxy) is 1. The van der Waals surface area contributed by atoms with Gasteiger partial charge in [-0.2, -0.15) is 0 Å². The molecule has 2 rings (SSSR count). The first kappa shape index (κ1) is 14.0. The average Bonchev–Trinajstić information content (AvgIpc) is 2.80. The predicted molar refractivity (Wildman–Crippen MR) is 80.0 cm³/mol. The van der Waals surface area contributed by atoms with Crippen LogP contribution < -0.4 is 5.32 Å². The summed E-state index contributed by atoms with van der Waals surface area (Å²) >= 11 is 4.96. The van der Waals surface area contributed by atoms with Crippen LogP contribution in [0.5, 0.6) is 0 Å². The highest BCUT2D eigenvalue weighted by Gasteiger charge is 2.08. The Morgan fingerprint density at radius 3 is 3.00 bits per heavy atom. The minimum absolute atomic E-state index is 0.198. The number of carbonyl (C=O) groups excluding carboxylic acids is 1. The van der Waals surface area contributed by atoms with E-state index in [4.69, 9.17) is 0 Å². The topological polar surface area (TPSA) is 51.2 Å². The monoisotopic (exact) mass is 340 g/mol. The molecular formula is C13H13BrN2O2S. The maximum Gasteiger partial charge on any atom is 0.311 e. The van der Waals surface area contributed by atoms with Gasteiger partial charge in [-0.25, -0.2) is 4.98 Å². The third kappa shape index (κ3) is 3.78. The minimum atomic E-state index is -0.284. The van der Waals surface area contributed by atoms with Crippen molar-refractivity contribution >= 4 is 44.1 Å². The van der Waals surface area contributed by atoms with E-state index in [-0.39, 0.29) is 12.4 Å². The molecule has 0 fully saturated rings. The van der Waals surface area contributed by atoms with Gasteiger partial charge >= 0.3 is 5.97 Å². The third-order valence-electron chi connectivity index (χ3n) is 2.47. The molecule has 19 heavy (non-hydrogen) atoms. The van der Waals surface area contributed by atoms with E-state index in [2.05, 4.69) is 31.0 Å². The first-order valence-corrected chi connectivity index (χ1v) is 7.30. The molecule has 1 aromatic heterocycles. The Kier molecular flexibility index (Phi) is 4.55. The molecule has 0 saturated carbocycles. The summed E-state index contributed by atoms with van der Waals surface area (Å²) in [5.74, 6) is -0.284. The number of hydrogen-bond donors (Lipinski definition) is 1. The van der Waals surface area contributed by atoms with Crippen LogP contribution >= 0.6 is 27.3 Å². The van der Waals surface area contributed by atoms with Gasteiger partial charge in [-0.15, -0.1) is 11.3 Å². The molecular weight excluding hydrogens is 328 g/mol. The van der Waals surface area contributed by atoms with Crippen LogP contribution in [0.2, 0.25) is 0 Å². The number of benzene rings is 1. The number of nitrogens with zero attached hydrogens (tertiary/aromatic N) is 1. The summed E-state index contributed by atoms with van der Waals surface area (Å²) in [7, 11) is 1.37. The molecule has 100 valence electrons. The van der Waals surface area contributed by atoms with Gasteiger partial charge in [0.2, 0.25) is 0 Å². The van der Waals surface area contributed by atoms with E-state index in [1.54, 1.807) is 0 Å². The third-order valence-corrected chi connectivity index (χ3v) is 3.93. The highest BCUT2D eigenvalue weighted by molar-refractivity contribution is 9.10. The highest BCUT2D eigenvalue weighted by Crippen LogP contribution is 2.28. The van der Waals surface area contributed by atoms with Gasteiger partial charge in [-0.05, 0) is 40.5 Å². The molecule has 0 spiro atoms. The summed E-state index contributed by atoms with van der Waals surface area (Å²) in [6, 6.07) is 6.04. The normalized spacial score (nSPS) is 10.3. The van der Waals surface area contributed by atoms with Crippen LogP contribution in [0, 0.1) is 6.92 Å². The Labute approximate surface area is 124 Å². The highest BCUT2D eigenvalue weighted by atomic mass is 79.9. The Hall–Kier alpha value is -1.40. The van der Waals surface area contributed by atoms with Gasteiger partial charge in [-0.1, -0.05) is 6.07 Å². The first-order chi connectivity index (χ1) is 9.08. The fraction of sp³-hybridized carbons (Fsp3) is 0.231. The summed E-state index contributed by atoms with van der Waals surface area (Å²) < 4.78 is 5.60. The number of methoxy groups -OCH3 is 1. The molecule has 0 amide bonds. The summed E-state index contributed by atoms with van der Waals surface area (Å²) in [4.78, 5) is 15.5. The fourth-order valence-electron chi connectivity index (χ4n) is 1.50. The molecule has 0 aliphatic carbocycles. The smallest absolute Gasteiger partial charge is 0.311 e. The van der Waals surface area contributed by atoms with Gasteiger partial charge in [0.1, 0.15) is 0 Å². The second-order valence-corrected chi connectivity index (χ2v) is 5.72. The quantitative estimate of drug-likeness (QED) is 0.862. The predicted octanol–water partition coefficient (Wildman–Crippen LogP) is 3.67. The van der Waals surface area contributed by atoms with Crippen LogP contribution in [0.4, 0.5) is 10.8 Å². The van der Waals surface area contributed by atoms with E-state index < -0.39 is 0 Å². The zero-order valence-electron chi connectivity index (χ0n) is 10.6. The molecule has 0 unspecified atom stereocenters. The van der Waals surface area contributed by atoms with E-state index in [1.807, 2.05) is 30.5 Å². The van der Waals surface area contributed by atoms with Crippen LogP contribution in [-0.4, -0.2) is 18.1 Å². The van der Waals surface area contributed by atoms with E-state index >= 15 is 0 Å². The van der Waals surface area contributed by atoms with Crippen molar-refractivity contribution in [3.8, 4) is 0 Å². The molecule has 2 aromatic rings. The van der Waals surface area contributed by atoms with Gasteiger partial charge in [0.25, 0.3) is 0 Å². The maximum atomic E-state index is 11.2. The van der Waals surface area contributed by atoms with Crippen molar-refractivity contribution < 1.29 is 9.53 Å². The fourth-order valence-corrected chi connectivity index (χ4v) is 2.82. The van der Waals surface area contributed by atoms with Crippen molar-refractivity contribution in [2.45, 2.75) is 13.3 Å². The number of aromatic nitrogens is 1. The zero-order chi connectivity index (χ0) is 13.8. The number of anilines is 2. The van der Waals surface area contributed by atoms with Crippen LogP contribution in [0.15, 0.2) is 28.1 Å². The molecule has 0 aliphatic heterocycles. The Morgan fingerprint density at radius 1 is 1.53 bits per heavy atom. The largest absolute Gasteiger partial charge is 0.469 e. The number of esters is 1. The SMILES string of the molecule is COC(=O)Cc1csc(Nc2ccc(C)cc2Br)n1. The van der Waals surface area contributed by atoms with Crippen molar-refractivity contribution in [3.63, 3.8) is 0 Å². The van der Waals surface area contributed by atoms with Gasteiger partial charge in [-0.3, -0.25) is 4.79 Å². The van der Waals surface area contributed by atoms with Gasteiger partial charge in [0.05, 0.1) is 24.9 Å². The number of rotatable bonds is 4. The van der Waals surface area contributed by atoms with Crippen LogP contribution in [0.1, 0.15) is 11.3 Å². The summed E-state index contributed by atoms with van der Waals surface area (Å²) in [6.07, 6.45) is 0.198. The number of halogens is 1. The van der Waals surface area contributed by atoms with Crippen LogP contribution in [0.3, 0.4) is 0 Å². The zero-order valence-corrected chi connectivity index (χ0v) is 13.0.